The summed E-state index contributed by atoms with van der Waals surface area (Å²) in [6, 6.07) is 10.7. The fraction of sp³-hybridized carbons (Fsp3) is 0. The highest BCUT2D eigenvalue weighted by Crippen LogP contribution is 2.26. The van der Waals surface area contributed by atoms with Gasteiger partial charge in [0.2, 0.25) is 5.95 Å². The molecule has 0 aliphatic rings. The van der Waals surface area contributed by atoms with Crippen LogP contribution < -0.4 is 5.32 Å². The van der Waals surface area contributed by atoms with Crippen LogP contribution in [0.4, 0.5) is 5.95 Å². The molecule has 0 unspecified atom stereocenters. The molecule has 0 aliphatic heterocycles. The predicted octanol–water partition coefficient (Wildman–Crippen LogP) is 3.37. The smallest absolute Gasteiger partial charge is 0.240 e. The second-order valence-electron chi connectivity index (χ2n) is 4.44. The van der Waals surface area contributed by atoms with Gasteiger partial charge in [-0.1, -0.05) is 18.2 Å². The van der Waals surface area contributed by atoms with Gasteiger partial charge in [-0.2, -0.15) is 15.2 Å². The Morgan fingerprint density at radius 1 is 1.09 bits per heavy atom. The first-order valence-electron chi connectivity index (χ1n) is 6.67. The minimum absolute atomic E-state index is 0.0646. The summed E-state index contributed by atoms with van der Waals surface area (Å²) in [7, 11) is 0. The van der Waals surface area contributed by atoms with Gasteiger partial charge in [0, 0.05) is 4.88 Å². The normalized spacial score (nSPS) is 10.6. The number of hydrogen-bond donors (Lipinski definition) is 2. The number of nitriles is 1. The van der Waals surface area contributed by atoms with E-state index >= 15 is 0 Å². The van der Waals surface area contributed by atoms with Gasteiger partial charge in [0.05, 0.1) is 5.56 Å². The highest BCUT2D eigenvalue weighted by atomic mass is 32.1. The van der Waals surface area contributed by atoms with E-state index in [1.165, 1.54) is 0 Å². The molecule has 2 aromatic heterocycles. The largest absolute Gasteiger partial charge is 0.507 e. The average molecular weight is 321 g/mol. The van der Waals surface area contributed by atoms with E-state index in [0.717, 1.165) is 4.88 Å². The van der Waals surface area contributed by atoms with Gasteiger partial charge in [0.1, 0.15) is 5.75 Å². The Balaban J connectivity index is 2.03. The van der Waals surface area contributed by atoms with Crippen molar-refractivity contribution >= 4 is 29.4 Å². The molecule has 2 N–H and O–H groups in total. The van der Waals surface area contributed by atoms with Gasteiger partial charge in [-0.25, -0.2) is 4.98 Å². The maximum absolute atomic E-state index is 9.95. The number of nitrogens with one attached hydrogen (secondary N) is 1. The SMILES string of the molecule is N#CNc1nc(/C=C/c2cccs2)nc(-c2ccccc2O)n1. The van der Waals surface area contributed by atoms with Gasteiger partial charge in [-0.15, -0.1) is 11.3 Å². The van der Waals surface area contributed by atoms with Crippen LogP contribution in [0.5, 0.6) is 5.75 Å². The molecule has 6 nitrogen and oxygen atoms in total. The molecule has 112 valence electrons. The van der Waals surface area contributed by atoms with E-state index in [1.54, 1.807) is 47.9 Å². The van der Waals surface area contributed by atoms with Gasteiger partial charge < -0.3 is 5.11 Å². The average Bonchev–Trinajstić information content (AvgIpc) is 3.07. The molecular formula is C16H11N5OS. The summed E-state index contributed by atoms with van der Waals surface area (Å²) in [5.74, 6) is 0.882. The number of nitrogens with zero attached hydrogens (tertiary/aromatic N) is 4. The van der Waals surface area contributed by atoms with Gasteiger partial charge >= 0.3 is 0 Å². The number of anilines is 1. The molecule has 0 spiro atoms. The Morgan fingerprint density at radius 2 is 1.96 bits per heavy atom. The summed E-state index contributed by atoms with van der Waals surface area (Å²) in [6.07, 6.45) is 5.40. The Labute approximate surface area is 136 Å². The summed E-state index contributed by atoms with van der Waals surface area (Å²) in [6.45, 7) is 0. The fourth-order valence-corrected chi connectivity index (χ4v) is 2.52. The van der Waals surface area contributed by atoms with Crippen LogP contribution in [0.2, 0.25) is 0 Å². The molecule has 3 aromatic rings. The van der Waals surface area contributed by atoms with Crippen LogP contribution in [-0.4, -0.2) is 20.1 Å². The third kappa shape index (κ3) is 3.51. The van der Waals surface area contributed by atoms with Crippen molar-refractivity contribution < 1.29 is 5.11 Å². The summed E-state index contributed by atoms with van der Waals surface area (Å²) in [4.78, 5) is 13.7. The quantitative estimate of drug-likeness (QED) is 0.565. The lowest BCUT2D eigenvalue weighted by Crippen LogP contribution is -2.02. The lowest BCUT2D eigenvalue weighted by Gasteiger charge is -2.05. The van der Waals surface area contributed by atoms with Crippen LogP contribution in [0.15, 0.2) is 41.8 Å². The van der Waals surface area contributed by atoms with Crippen molar-refractivity contribution in [1.82, 2.24) is 15.0 Å². The van der Waals surface area contributed by atoms with E-state index in [1.807, 2.05) is 23.6 Å². The maximum Gasteiger partial charge on any atom is 0.240 e. The van der Waals surface area contributed by atoms with Crippen molar-refractivity contribution in [3.8, 4) is 23.3 Å². The van der Waals surface area contributed by atoms with Crippen LogP contribution in [0.1, 0.15) is 10.7 Å². The summed E-state index contributed by atoms with van der Waals surface area (Å²) in [5.41, 5.74) is 0.474. The molecule has 0 fully saturated rings. The van der Waals surface area contributed by atoms with Gasteiger partial charge in [0.25, 0.3) is 0 Å². The second kappa shape index (κ2) is 6.68. The maximum atomic E-state index is 9.95. The van der Waals surface area contributed by atoms with Crippen molar-refractivity contribution in [1.29, 1.82) is 5.26 Å². The lowest BCUT2D eigenvalue weighted by molar-refractivity contribution is 0.477. The van der Waals surface area contributed by atoms with Crippen molar-refractivity contribution in [2.45, 2.75) is 0 Å². The van der Waals surface area contributed by atoms with E-state index in [2.05, 4.69) is 20.3 Å². The molecule has 3 rings (SSSR count). The number of benzene rings is 1. The molecule has 0 saturated carbocycles. The summed E-state index contributed by atoms with van der Waals surface area (Å²) >= 11 is 1.59. The Bertz CT molecular complexity index is 884. The Kier molecular flexibility index (Phi) is 4.27. The number of rotatable bonds is 4. The highest BCUT2D eigenvalue weighted by Gasteiger charge is 2.10. The second-order valence-corrected chi connectivity index (χ2v) is 5.42. The number of aromatic hydroxyl groups is 1. The molecule has 0 bridgehead atoms. The summed E-state index contributed by atoms with van der Waals surface area (Å²) in [5, 5.41) is 23.1. The number of phenolic OH excluding ortho intramolecular Hbond substituents is 1. The molecule has 7 heteroatoms. The van der Waals surface area contributed by atoms with Gasteiger partial charge in [-0.3, -0.25) is 5.32 Å². The number of thiophene rings is 1. The van der Waals surface area contributed by atoms with Crippen LogP contribution in [0, 0.1) is 11.5 Å². The predicted molar refractivity (Wildman–Crippen MR) is 89.4 cm³/mol. The molecular weight excluding hydrogens is 310 g/mol. The molecule has 0 atom stereocenters. The van der Waals surface area contributed by atoms with E-state index < -0.39 is 0 Å². The van der Waals surface area contributed by atoms with E-state index in [9.17, 15) is 5.11 Å². The van der Waals surface area contributed by atoms with Gasteiger partial charge in [0.15, 0.2) is 17.8 Å². The number of hydrogen-bond acceptors (Lipinski definition) is 7. The molecule has 0 saturated heterocycles. The first-order chi connectivity index (χ1) is 11.3. The molecule has 0 aliphatic carbocycles. The van der Waals surface area contributed by atoms with Crippen LogP contribution >= 0.6 is 11.3 Å². The standard InChI is InChI=1S/C16H11N5OS/c17-10-18-16-20-14(8-7-11-4-3-9-23-11)19-15(21-16)12-5-1-2-6-13(12)22/h1-9,22H,(H,18,19,20,21)/b8-7+. The number of aromatic nitrogens is 3. The number of phenols is 1. The minimum atomic E-state index is 0.0646. The van der Waals surface area contributed by atoms with E-state index in [4.69, 9.17) is 5.26 Å². The zero-order valence-corrected chi connectivity index (χ0v) is 12.7. The minimum Gasteiger partial charge on any atom is -0.507 e. The van der Waals surface area contributed by atoms with Crippen molar-refractivity contribution in [2.24, 2.45) is 0 Å². The van der Waals surface area contributed by atoms with Crippen LogP contribution in [0.25, 0.3) is 23.5 Å². The third-order valence-electron chi connectivity index (χ3n) is 2.91. The van der Waals surface area contributed by atoms with Crippen LogP contribution in [-0.2, 0) is 0 Å². The Hall–Kier alpha value is -3.24. The molecule has 0 amide bonds. The molecule has 0 radical (unpaired) electrons. The van der Waals surface area contributed by atoms with E-state index in [-0.39, 0.29) is 11.7 Å². The van der Waals surface area contributed by atoms with Crippen molar-refractivity contribution in [3.63, 3.8) is 0 Å². The zero-order valence-electron chi connectivity index (χ0n) is 11.8. The molecule has 23 heavy (non-hydrogen) atoms. The Morgan fingerprint density at radius 3 is 2.70 bits per heavy atom. The first kappa shape index (κ1) is 14.7. The van der Waals surface area contributed by atoms with Gasteiger partial charge in [-0.05, 0) is 35.7 Å². The molecule has 2 heterocycles. The topological polar surface area (TPSA) is 94.7 Å². The molecule has 1 aromatic carbocycles. The van der Waals surface area contributed by atoms with Crippen molar-refractivity contribution in [2.75, 3.05) is 5.32 Å². The fourth-order valence-electron chi connectivity index (χ4n) is 1.90. The number of para-hydroxylation sites is 1. The first-order valence-corrected chi connectivity index (χ1v) is 7.55. The highest BCUT2D eigenvalue weighted by molar-refractivity contribution is 7.10. The van der Waals surface area contributed by atoms with Crippen molar-refractivity contribution in [3.05, 3.63) is 52.5 Å². The lowest BCUT2D eigenvalue weighted by atomic mass is 10.2. The van der Waals surface area contributed by atoms with E-state index in [0.29, 0.717) is 17.2 Å². The zero-order chi connectivity index (χ0) is 16.1. The third-order valence-corrected chi connectivity index (χ3v) is 3.74. The summed E-state index contributed by atoms with van der Waals surface area (Å²) < 4.78 is 0. The monoisotopic (exact) mass is 321 g/mol. The van der Waals surface area contributed by atoms with Crippen LogP contribution in [0.3, 0.4) is 0 Å².